The number of rotatable bonds is 5. The Morgan fingerprint density at radius 1 is 1.30 bits per heavy atom. The Morgan fingerprint density at radius 2 is 2.00 bits per heavy atom. The Bertz CT molecular complexity index is 746. The number of thiophene rings is 1. The van der Waals surface area contributed by atoms with Crippen LogP contribution in [0.1, 0.15) is 66.3 Å². The largest absolute Gasteiger partial charge is 0.338 e. The Kier molecular flexibility index (Phi) is 4.41. The van der Waals surface area contributed by atoms with Crippen LogP contribution in [-0.4, -0.2) is 33.9 Å². The molecule has 0 aromatic carbocycles. The molecule has 2 heterocycles. The van der Waals surface area contributed by atoms with E-state index in [1.54, 1.807) is 0 Å². The Hall–Kier alpha value is -1.49. The van der Waals surface area contributed by atoms with E-state index < -0.39 is 0 Å². The molecule has 2 aromatic heterocycles. The minimum absolute atomic E-state index is 0.133. The lowest BCUT2D eigenvalue weighted by atomic mass is 10.1. The van der Waals surface area contributed by atoms with Gasteiger partial charge in [-0.3, -0.25) is 4.79 Å². The molecule has 0 N–H and O–H groups in total. The summed E-state index contributed by atoms with van der Waals surface area (Å²) in [6, 6.07) is 0. The third-order valence-corrected chi connectivity index (χ3v) is 5.55. The van der Waals surface area contributed by atoms with Crippen LogP contribution in [0.2, 0.25) is 0 Å². The Labute approximate surface area is 141 Å². The third-order valence-electron chi connectivity index (χ3n) is 4.38. The number of aryl methyl sites for hydroxylation is 2. The van der Waals surface area contributed by atoms with Gasteiger partial charge in [0.2, 0.25) is 0 Å². The van der Waals surface area contributed by atoms with E-state index in [1.165, 1.54) is 24.2 Å². The summed E-state index contributed by atoms with van der Waals surface area (Å²) >= 11 is 1.53. The van der Waals surface area contributed by atoms with Crippen LogP contribution in [0.4, 0.5) is 0 Å². The van der Waals surface area contributed by atoms with Crippen LogP contribution in [-0.2, 0) is 0 Å². The van der Waals surface area contributed by atoms with Crippen LogP contribution in [0.5, 0.6) is 0 Å². The standard InChI is InChI=1S/C18H25N3OS/c1-6-21(9-10(2)3)18(22)15-11(4)14-12(5)19-16(13-7-8-13)20-17(14)23-15/h10,13H,6-9H2,1-5H3. The zero-order valence-corrected chi connectivity index (χ0v) is 15.5. The molecule has 0 bridgehead atoms. The summed E-state index contributed by atoms with van der Waals surface area (Å²) in [5.41, 5.74) is 2.05. The molecule has 0 saturated heterocycles. The van der Waals surface area contributed by atoms with Crippen LogP contribution in [0.25, 0.3) is 10.2 Å². The van der Waals surface area contributed by atoms with E-state index in [-0.39, 0.29) is 5.91 Å². The highest BCUT2D eigenvalue weighted by Gasteiger charge is 2.29. The fourth-order valence-corrected chi connectivity index (χ4v) is 4.23. The summed E-state index contributed by atoms with van der Waals surface area (Å²) in [5, 5.41) is 1.07. The van der Waals surface area contributed by atoms with Gasteiger partial charge in [-0.15, -0.1) is 11.3 Å². The molecule has 1 saturated carbocycles. The van der Waals surface area contributed by atoms with Crippen molar-refractivity contribution in [3.05, 3.63) is 22.0 Å². The maximum absolute atomic E-state index is 12.9. The van der Waals surface area contributed by atoms with Gasteiger partial charge in [-0.1, -0.05) is 13.8 Å². The molecule has 2 aromatic rings. The number of fused-ring (bicyclic) bond motifs is 1. The highest BCUT2D eigenvalue weighted by Crippen LogP contribution is 2.40. The highest BCUT2D eigenvalue weighted by atomic mass is 32.1. The van der Waals surface area contributed by atoms with Crippen molar-refractivity contribution in [2.45, 2.75) is 53.4 Å². The first-order valence-corrected chi connectivity index (χ1v) is 9.30. The van der Waals surface area contributed by atoms with E-state index in [0.717, 1.165) is 45.3 Å². The molecule has 0 spiro atoms. The molecule has 0 atom stereocenters. The van der Waals surface area contributed by atoms with E-state index in [1.807, 2.05) is 25.7 Å². The molecule has 0 radical (unpaired) electrons. The average molecular weight is 331 g/mol. The molecule has 0 unspecified atom stereocenters. The van der Waals surface area contributed by atoms with Gasteiger partial charge in [0.1, 0.15) is 10.7 Å². The molecule has 124 valence electrons. The van der Waals surface area contributed by atoms with Crippen LogP contribution < -0.4 is 0 Å². The van der Waals surface area contributed by atoms with Crippen molar-refractivity contribution in [2.24, 2.45) is 5.92 Å². The minimum Gasteiger partial charge on any atom is -0.338 e. The van der Waals surface area contributed by atoms with Gasteiger partial charge in [0.25, 0.3) is 5.91 Å². The van der Waals surface area contributed by atoms with E-state index in [9.17, 15) is 4.79 Å². The second kappa shape index (κ2) is 6.19. The number of aromatic nitrogens is 2. The molecular formula is C18H25N3OS. The van der Waals surface area contributed by atoms with Crippen LogP contribution in [0, 0.1) is 19.8 Å². The second-order valence-electron chi connectivity index (χ2n) is 6.92. The van der Waals surface area contributed by atoms with E-state index in [0.29, 0.717) is 11.8 Å². The quantitative estimate of drug-likeness (QED) is 0.820. The topological polar surface area (TPSA) is 46.1 Å². The number of nitrogens with zero attached hydrogens (tertiary/aromatic N) is 3. The van der Waals surface area contributed by atoms with Gasteiger partial charge in [0, 0.05) is 24.4 Å². The highest BCUT2D eigenvalue weighted by molar-refractivity contribution is 7.20. The molecule has 1 aliphatic rings. The van der Waals surface area contributed by atoms with Crippen LogP contribution >= 0.6 is 11.3 Å². The molecule has 1 amide bonds. The zero-order chi connectivity index (χ0) is 16.7. The molecule has 5 heteroatoms. The van der Waals surface area contributed by atoms with Crippen molar-refractivity contribution in [1.29, 1.82) is 0 Å². The number of hydrogen-bond acceptors (Lipinski definition) is 4. The van der Waals surface area contributed by atoms with Gasteiger partial charge < -0.3 is 4.90 Å². The maximum atomic E-state index is 12.9. The Balaban J connectivity index is 2.02. The van der Waals surface area contributed by atoms with E-state index in [4.69, 9.17) is 4.98 Å². The van der Waals surface area contributed by atoms with Crippen LogP contribution in [0.15, 0.2) is 0 Å². The summed E-state index contributed by atoms with van der Waals surface area (Å²) in [6.07, 6.45) is 2.39. The molecule has 0 aliphatic heterocycles. The van der Waals surface area contributed by atoms with E-state index >= 15 is 0 Å². The zero-order valence-electron chi connectivity index (χ0n) is 14.6. The average Bonchev–Trinajstić information content (AvgIpc) is 3.28. The van der Waals surface area contributed by atoms with Crippen molar-refractivity contribution in [1.82, 2.24) is 14.9 Å². The SMILES string of the molecule is CCN(CC(C)C)C(=O)c1sc2nc(C3CC3)nc(C)c2c1C. The summed E-state index contributed by atoms with van der Waals surface area (Å²) < 4.78 is 0. The second-order valence-corrected chi connectivity index (χ2v) is 7.91. The number of hydrogen-bond donors (Lipinski definition) is 0. The first kappa shape index (κ1) is 16.4. The molecular weight excluding hydrogens is 306 g/mol. The number of carbonyl (C=O) groups excluding carboxylic acids is 1. The predicted octanol–water partition coefficient (Wildman–Crippen LogP) is 4.30. The summed E-state index contributed by atoms with van der Waals surface area (Å²) in [6.45, 7) is 11.9. The monoisotopic (exact) mass is 331 g/mol. The molecule has 23 heavy (non-hydrogen) atoms. The summed E-state index contributed by atoms with van der Waals surface area (Å²) in [7, 11) is 0. The van der Waals surface area contributed by atoms with Gasteiger partial charge in [-0.2, -0.15) is 0 Å². The van der Waals surface area contributed by atoms with Crippen molar-refractivity contribution < 1.29 is 4.79 Å². The normalized spacial score (nSPS) is 14.7. The molecule has 1 fully saturated rings. The molecule has 1 aliphatic carbocycles. The number of carbonyl (C=O) groups is 1. The fraction of sp³-hybridized carbons (Fsp3) is 0.611. The number of amides is 1. The first-order valence-electron chi connectivity index (χ1n) is 8.49. The van der Waals surface area contributed by atoms with Crippen molar-refractivity contribution in [3.8, 4) is 0 Å². The maximum Gasteiger partial charge on any atom is 0.264 e. The third kappa shape index (κ3) is 3.11. The van der Waals surface area contributed by atoms with E-state index in [2.05, 4.69) is 18.8 Å². The molecule has 3 rings (SSSR count). The lowest BCUT2D eigenvalue weighted by Gasteiger charge is -2.22. The van der Waals surface area contributed by atoms with Crippen molar-refractivity contribution in [2.75, 3.05) is 13.1 Å². The van der Waals surface area contributed by atoms with Crippen molar-refractivity contribution >= 4 is 27.5 Å². The lowest BCUT2D eigenvalue weighted by molar-refractivity contribution is 0.0750. The minimum atomic E-state index is 0.133. The van der Waals surface area contributed by atoms with Gasteiger partial charge in [-0.05, 0) is 45.1 Å². The fourth-order valence-electron chi connectivity index (χ4n) is 3.03. The molecule has 4 nitrogen and oxygen atoms in total. The van der Waals surface area contributed by atoms with Gasteiger partial charge in [0.05, 0.1) is 10.6 Å². The predicted molar refractivity (Wildman–Crippen MR) is 95.3 cm³/mol. The summed E-state index contributed by atoms with van der Waals surface area (Å²) in [4.78, 5) is 26.1. The van der Waals surface area contributed by atoms with Gasteiger partial charge in [-0.25, -0.2) is 9.97 Å². The first-order chi connectivity index (χ1) is 10.9. The van der Waals surface area contributed by atoms with Crippen LogP contribution in [0.3, 0.4) is 0 Å². The van der Waals surface area contributed by atoms with Gasteiger partial charge >= 0.3 is 0 Å². The lowest BCUT2D eigenvalue weighted by Crippen LogP contribution is -2.33. The van der Waals surface area contributed by atoms with Crippen molar-refractivity contribution in [3.63, 3.8) is 0 Å². The smallest absolute Gasteiger partial charge is 0.264 e. The Morgan fingerprint density at radius 3 is 2.57 bits per heavy atom. The summed E-state index contributed by atoms with van der Waals surface area (Å²) in [5.74, 6) is 2.10. The van der Waals surface area contributed by atoms with Gasteiger partial charge in [0.15, 0.2) is 0 Å².